The van der Waals surface area contributed by atoms with Gasteiger partial charge in [-0.25, -0.2) is 0 Å². The van der Waals surface area contributed by atoms with Gasteiger partial charge >= 0.3 is 0 Å². The van der Waals surface area contributed by atoms with E-state index in [1.54, 1.807) is 11.8 Å². The minimum atomic E-state index is -0.472. The lowest BCUT2D eigenvalue weighted by molar-refractivity contribution is 0.359. The molecule has 13 heavy (non-hydrogen) atoms. The van der Waals surface area contributed by atoms with Gasteiger partial charge in [-0.1, -0.05) is 12.1 Å². The summed E-state index contributed by atoms with van der Waals surface area (Å²) >= 11 is 1.65. The fraction of sp³-hybridized carbons (Fsp3) is 0.750. The molecule has 0 bridgehead atoms. The van der Waals surface area contributed by atoms with Gasteiger partial charge in [0.2, 0.25) is 5.89 Å². The van der Waals surface area contributed by atoms with Crippen molar-refractivity contribution in [1.82, 2.24) is 10.1 Å². The lowest BCUT2D eigenvalue weighted by Crippen LogP contribution is -2.33. The largest absolute Gasteiger partial charge is 0.338 e. The normalized spacial score (nSPS) is 15.7. The fourth-order valence-corrected chi connectivity index (χ4v) is 1.19. The third-order valence-corrected chi connectivity index (χ3v) is 2.52. The van der Waals surface area contributed by atoms with E-state index in [0.29, 0.717) is 11.7 Å². The minimum absolute atomic E-state index is 0.472. The molecule has 0 aliphatic rings. The van der Waals surface area contributed by atoms with Gasteiger partial charge < -0.3 is 10.3 Å². The second kappa shape index (κ2) is 4.11. The number of nitrogens with two attached hydrogens (primary N) is 1. The van der Waals surface area contributed by atoms with Crippen molar-refractivity contribution < 1.29 is 4.52 Å². The molecule has 0 aromatic carbocycles. The summed E-state index contributed by atoms with van der Waals surface area (Å²) < 4.78 is 5.03. The highest BCUT2D eigenvalue weighted by Gasteiger charge is 2.24. The van der Waals surface area contributed by atoms with Crippen molar-refractivity contribution in [3.05, 3.63) is 11.7 Å². The van der Waals surface area contributed by atoms with E-state index in [1.807, 2.05) is 20.1 Å². The number of aromatic nitrogens is 2. The Labute approximate surface area is 82.3 Å². The molecule has 5 heteroatoms. The average Bonchev–Trinajstić information content (AvgIpc) is 2.54. The van der Waals surface area contributed by atoms with Crippen LogP contribution < -0.4 is 5.73 Å². The topological polar surface area (TPSA) is 64.9 Å². The number of nitrogens with zero attached hydrogens (tertiary/aromatic N) is 2. The number of hydrogen-bond acceptors (Lipinski definition) is 5. The molecule has 1 aromatic heterocycles. The van der Waals surface area contributed by atoms with Crippen LogP contribution in [0.4, 0.5) is 0 Å². The van der Waals surface area contributed by atoms with Crippen LogP contribution in [-0.4, -0.2) is 16.4 Å². The van der Waals surface area contributed by atoms with Crippen molar-refractivity contribution in [2.24, 2.45) is 5.73 Å². The molecule has 74 valence electrons. The van der Waals surface area contributed by atoms with Gasteiger partial charge in [-0.05, 0) is 19.6 Å². The number of thioether (sulfide) groups is 1. The number of hydrogen-bond donors (Lipinski definition) is 1. The first kappa shape index (κ1) is 10.5. The Kier molecular flexibility index (Phi) is 3.33. The van der Waals surface area contributed by atoms with Crippen molar-refractivity contribution in [3.8, 4) is 0 Å². The Morgan fingerprint density at radius 3 is 2.85 bits per heavy atom. The highest BCUT2D eigenvalue weighted by atomic mass is 32.2. The summed E-state index contributed by atoms with van der Waals surface area (Å²) in [6.45, 7) is 3.91. The van der Waals surface area contributed by atoms with Gasteiger partial charge in [-0.3, -0.25) is 0 Å². The molecule has 1 unspecified atom stereocenters. The molecule has 0 aliphatic carbocycles. The van der Waals surface area contributed by atoms with Gasteiger partial charge in [0.15, 0.2) is 5.82 Å². The summed E-state index contributed by atoms with van der Waals surface area (Å²) in [7, 11) is 0. The van der Waals surface area contributed by atoms with Gasteiger partial charge in [-0.15, -0.1) is 0 Å². The first-order valence-corrected chi connectivity index (χ1v) is 5.60. The van der Waals surface area contributed by atoms with Crippen LogP contribution in [0.1, 0.15) is 32.0 Å². The Balaban J connectivity index is 2.79. The van der Waals surface area contributed by atoms with Gasteiger partial charge in [0.05, 0.1) is 11.3 Å². The van der Waals surface area contributed by atoms with Crippen LogP contribution in [0.2, 0.25) is 0 Å². The van der Waals surface area contributed by atoms with Gasteiger partial charge in [0, 0.05) is 0 Å². The minimum Gasteiger partial charge on any atom is -0.338 e. The second-order valence-electron chi connectivity index (χ2n) is 3.22. The maximum absolute atomic E-state index is 5.96. The molecule has 0 spiro atoms. The molecule has 1 atom stereocenters. The predicted octanol–water partition coefficient (Wildman–Crippen LogP) is 1.52. The second-order valence-corrected chi connectivity index (χ2v) is 4.08. The van der Waals surface area contributed by atoms with E-state index >= 15 is 0 Å². The van der Waals surface area contributed by atoms with E-state index in [4.69, 9.17) is 10.3 Å². The third-order valence-electron chi connectivity index (χ3n) is 1.98. The molecule has 0 aliphatic heterocycles. The highest BCUT2D eigenvalue weighted by Crippen LogP contribution is 2.18. The van der Waals surface area contributed by atoms with Crippen LogP contribution >= 0.6 is 11.8 Å². The Morgan fingerprint density at radius 2 is 2.31 bits per heavy atom. The summed E-state index contributed by atoms with van der Waals surface area (Å²) in [5.74, 6) is 1.99. The molecule has 1 rings (SSSR count). The molecule has 0 saturated carbocycles. The zero-order valence-corrected chi connectivity index (χ0v) is 9.02. The SMILES string of the molecule is CCC(C)(N)c1noc(CSC)n1. The zero-order chi connectivity index (χ0) is 9.90. The molecule has 0 amide bonds. The lowest BCUT2D eigenvalue weighted by atomic mass is 10.0. The van der Waals surface area contributed by atoms with Crippen molar-refractivity contribution in [3.63, 3.8) is 0 Å². The van der Waals surface area contributed by atoms with Crippen molar-refractivity contribution >= 4 is 11.8 Å². The number of rotatable bonds is 4. The van der Waals surface area contributed by atoms with E-state index in [1.165, 1.54) is 0 Å². The van der Waals surface area contributed by atoms with Crippen LogP contribution in [0.25, 0.3) is 0 Å². The van der Waals surface area contributed by atoms with Crippen molar-refractivity contribution in [2.45, 2.75) is 31.6 Å². The van der Waals surface area contributed by atoms with E-state index in [0.717, 1.165) is 12.2 Å². The first-order chi connectivity index (χ1) is 6.10. The fourth-order valence-electron chi connectivity index (χ4n) is 0.827. The molecule has 1 heterocycles. The molecule has 0 radical (unpaired) electrons. The molecule has 0 fully saturated rings. The van der Waals surface area contributed by atoms with E-state index in [2.05, 4.69) is 10.1 Å². The van der Waals surface area contributed by atoms with E-state index in [-0.39, 0.29) is 0 Å². The predicted molar refractivity (Wildman–Crippen MR) is 53.3 cm³/mol. The van der Waals surface area contributed by atoms with Gasteiger partial charge in [0.25, 0.3) is 0 Å². The quantitative estimate of drug-likeness (QED) is 0.800. The molecule has 2 N–H and O–H groups in total. The Morgan fingerprint density at radius 1 is 1.62 bits per heavy atom. The van der Waals surface area contributed by atoms with Crippen molar-refractivity contribution in [2.75, 3.05) is 6.26 Å². The van der Waals surface area contributed by atoms with Crippen molar-refractivity contribution in [1.29, 1.82) is 0 Å². The first-order valence-electron chi connectivity index (χ1n) is 4.21. The van der Waals surface area contributed by atoms with E-state index in [9.17, 15) is 0 Å². The zero-order valence-electron chi connectivity index (χ0n) is 8.20. The third kappa shape index (κ3) is 2.45. The van der Waals surface area contributed by atoms with E-state index < -0.39 is 5.54 Å². The molecule has 1 aromatic rings. The average molecular weight is 201 g/mol. The molecule has 0 saturated heterocycles. The van der Waals surface area contributed by atoms with Crippen LogP contribution in [0.15, 0.2) is 4.52 Å². The summed E-state index contributed by atoms with van der Waals surface area (Å²) in [5, 5.41) is 3.85. The molecular formula is C8H15N3OS. The van der Waals surface area contributed by atoms with Crippen LogP contribution in [0.5, 0.6) is 0 Å². The standard InChI is InChI=1S/C8H15N3OS/c1-4-8(2,9)7-10-6(5-13-3)12-11-7/h4-5,9H2,1-3H3. The highest BCUT2D eigenvalue weighted by molar-refractivity contribution is 7.97. The Hall–Kier alpha value is -0.550. The van der Waals surface area contributed by atoms with Crippen LogP contribution in [0.3, 0.4) is 0 Å². The van der Waals surface area contributed by atoms with Crippen LogP contribution in [0, 0.1) is 0 Å². The monoisotopic (exact) mass is 201 g/mol. The molecule has 4 nitrogen and oxygen atoms in total. The summed E-state index contributed by atoms with van der Waals surface area (Å²) in [6.07, 6.45) is 2.79. The maximum atomic E-state index is 5.96. The smallest absolute Gasteiger partial charge is 0.236 e. The lowest BCUT2D eigenvalue weighted by Gasteiger charge is -2.16. The van der Waals surface area contributed by atoms with Gasteiger partial charge in [-0.2, -0.15) is 16.7 Å². The summed E-state index contributed by atoms with van der Waals surface area (Å²) in [4.78, 5) is 4.22. The van der Waals surface area contributed by atoms with Gasteiger partial charge in [0.1, 0.15) is 0 Å². The summed E-state index contributed by atoms with van der Waals surface area (Å²) in [5.41, 5.74) is 5.48. The molecular weight excluding hydrogens is 186 g/mol. The maximum Gasteiger partial charge on any atom is 0.236 e. The van der Waals surface area contributed by atoms with Crippen LogP contribution in [-0.2, 0) is 11.3 Å². The Bertz CT molecular complexity index is 272. The summed E-state index contributed by atoms with van der Waals surface area (Å²) in [6, 6.07) is 0.